The van der Waals surface area contributed by atoms with Gasteiger partial charge in [0, 0.05) is 23.7 Å². The molecule has 2 aromatic carbocycles. The molecule has 0 radical (unpaired) electrons. The van der Waals surface area contributed by atoms with E-state index in [1.807, 2.05) is 26.0 Å². The van der Waals surface area contributed by atoms with Gasteiger partial charge in [0.25, 0.3) is 0 Å². The van der Waals surface area contributed by atoms with Crippen molar-refractivity contribution in [2.45, 2.75) is 25.9 Å². The number of hydrogen-bond acceptors (Lipinski definition) is 3. The molecule has 0 aliphatic heterocycles. The number of nitrogens with one attached hydrogen (secondary N) is 1. The summed E-state index contributed by atoms with van der Waals surface area (Å²) in [5.74, 6) is 0.572. The first-order valence-corrected chi connectivity index (χ1v) is 6.89. The summed E-state index contributed by atoms with van der Waals surface area (Å²) in [7, 11) is 1.56. The molecule has 2 unspecified atom stereocenters. The van der Waals surface area contributed by atoms with Gasteiger partial charge in [-0.15, -0.1) is 0 Å². The van der Waals surface area contributed by atoms with E-state index in [2.05, 4.69) is 5.32 Å². The third-order valence-corrected chi connectivity index (χ3v) is 3.57. The Morgan fingerprint density at radius 3 is 2.29 bits per heavy atom. The second-order valence-corrected chi connectivity index (χ2v) is 5.09. The van der Waals surface area contributed by atoms with Crippen LogP contribution in [-0.2, 0) is 0 Å². The summed E-state index contributed by atoms with van der Waals surface area (Å²) in [5, 5.41) is 13.4. The molecule has 3 nitrogen and oxygen atoms in total. The predicted molar refractivity (Wildman–Crippen MR) is 81.0 cm³/mol. The monoisotopic (exact) mass is 289 g/mol. The van der Waals surface area contributed by atoms with Gasteiger partial charge in [-0.25, -0.2) is 4.39 Å². The summed E-state index contributed by atoms with van der Waals surface area (Å²) in [4.78, 5) is 0. The van der Waals surface area contributed by atoms with E-state index in [-0.39, 0.29) is 23.7 Å². The Hall–Kier alpha value is -2.07. The van der Waals surface area contributed by atoms with Crippen LogP contribution in [0.5, 0.6) is 11.5 Å². The zero-order chi connectivity index (χ0) is 15.4. The topological polar surface area (TPSA) is 41.5 Å². The standard InChI is InChI=1S/C17H20FNO2/c1-11(13-4-6-14(18)7-5-13)19-12(2)16-9-8-15(21-3)10-17(16)20/h4-12,19-20H,1-3H3. The zero-order valence-electron chi connectivity index (χ0n) is 12.4. The minimum atomic E-state index is -0.244. The molecule has 0 saturated heterocycles. The molecule has 0 heterocycles. The molecule has 0 fully saturated rings. The highest BCUT2D eigenvalue weighted by Crippen LogP contribution is 2.29. The number of phenols is 1. The van der Waals surface area contributed by atoms with Crippen LogP contribution in [0.15, 0.2) is 42.5 Å². The lowest BCUT2D eigenvalue weighted by Gasteiger charge is -2.21. The van der Waals surface area contributed by atoms with Crippen LogP contribution >= 0.6 is 0 Å². The number of halogens is 1. The molecule has 2 rings (SSSR count). The number of phenolic OH excluding ortho intramolecular Hbond substituents is 1. The van der Waals surface area contributed by atoms with E-state index >= 15 is 0 Å². The fourth-order valence-electron chi connectivity index (χ4n) is 2.33. The van der Waals surface area contributed by atoms with Gasteiger partial charge < -0.3 is 15.2 Å². The fraction of sp³-hybridized carbons (Fsp3) is 0.294. The summed E-state index contributed by atoms with van der Waals surface area (Å²) in [5.41, 5.74) is 1.79. The first kappa shape index (κ1) is 15.3. The van der Waals surface area contributed by atoms with Gasteiger partial charge >= 0.3 is 0 Å². The van der Waals surface area contributed by atoms with E-state index in [0.29, 0.717) is 5.75 Å². The maximum Gasteiger partial charge on any atom is 0.124 e. The SMILES string of the molecule is COc1ccc(C(C)NC(C)c2ccc(F)cc2)c(O)c1. The summed E-state index contributed by atoms with van der Waals surface area (Å²) in [6, 6.07) is 11.7. The molecule has 0 saturated carbocycles. The molecule has 0 bridgehead atoms. The lowest BCUT2D eigenvalue weighted by Crippen LogP contribution is -2.22. The molecule has 0 aliphatic carbocycles. The maximum atomic E-state index is 12.9. The summed E-state index contributed by atoms with van der Waals surface area (Å²) in [6.45, 7) is 3.98. The fourth-order valence-corrected chi connectivity index (χ4v) is 2.33. The van der Waals surface area contributed by atoms with Gasteiger partial charge in [-0.1, -0.05) is 18.2 Å². The van der Waals surface area contributed by atoms with Crippen molar-refractivity contribution in [1.29, 1.82) is 0 Å². The summed E-state index contributed by atoms with van der Waals surface area (Å²) >= 11 is 0. The Kier molecular flexibility index (Phi) is 4.81. The molecule has 112 valence electrons. The second kappa shape index (κ2) is 6.59. The van der Waals surface area contributed by atoms with Crippen molar-refractivity contribution in [3.63, 3.8) is 0 Å². The van der Waals surface area contributed by atoms with E-state index in [1.165, 1.54) is 12.1 Å². The number of ether oxygens (including phenoxy) is 1. The molecule has 21 heavy (non-hydrogen) atoms. The van der Waals surface area contributed by atoms with Crippen molar-refractivity contribution in [3.05, 3.63) is 59.4 Å². The third-order valence-electron chi connectivity index (χ3n) is 3.57. The Morgan fingerprint density at radius 1 is 1.05 bits per heavy atom. The Balaban J connectivity index is 2.10. The lowest BCUT2D eigenvalue weighted by molar-refractivity contribution is 0.402. The number of methoxy groups -OCH3 is 1. The molecular weight excluding hydrogens is 269 g/mol. The first-order valence-electron chi connectivity index (χ1n) is 6.89. The minimum Gasteiger partial charge on any atom is -0.507 e. The van der Waals surface area contributed by atoms with Crippen molar-refractivity contribution in [1.82, 2.24) is 5.32 Å². The second-order valence-electron chi connectivity index (χ2n) is 5.09. The van der Waals surface area contributed by atoms with Gasteiger partial charge in [-0.3, -0.25) is 0 Å². The molecule has 2 N–H and O–H groups in total. The van der Waals surface area contributed by atoms with Crippen LogP contribution in [0.25, 0.3) is 0 Å². The van der Waals surface area contributed by atoms with Crippen molar-refractivity contribution in [3.8, 4) is 11.5 Å². The van der Waals surface area contributed by atoms with Crippen LogP contribution in [-0.4, -0.2) is 12.2 Å². The van der Waals surface area contributed by atoms with Crippen LogP contribution in [0.4, 0.5) is 4.39 Å². The predicted octanol–water partition coefficient (Wildman–Crippen LogP) is 3.95. The van der Waals surface area contributed by atoms with Crippen molar-refractivity contribution in [2.75, 3.05) is 7.11 Å². The first-order chi connectivity index (χ1) is 10.0. The van der Waals surface area contributed by atoms with Crippen LogP contribution in [0.3, 0.4) is 0 Å². The normalized spacial score (nSPS) is 13.7. The highest BCUT2D eigenvalue weighted by molar-refractivity contribution is 5.41. The number of aromatic hydroxyl groups is 1. The van der Waals surface area contributed by atoms with E-state index in [9.17, 15) is 9.50 Å². The molecule has 4 heteroatoms. The van der Waals surface area contributed by atoms with Crippen LogP contribution in [0.1, 0.15) is 37.1 Å². The van der Waals surface area contributed by atoms with E-state index in [1.54, 1.807) is 25.3 Å². The molecule has 0 aliphatic rings. The molecule has 2 atom stereocenters. The van der Waals surface area contributed by atoms with E-state index < -0.39 is 0 Å². The molecular formula is C17H20FNO2. The molecule has 2 aromatic rings. The smallest absolute Gasteiger partial charge is 0.124 e. The highest BCUT2D eigenvalue weighted by atomic mass is 19.1. The lowest BCUT2D eigenvalue weighted by atomic mass is 10.0. The van der Waals surface area contributed by atoms with E-state index in [0.717, 1.165) is 11.1 Å². The average Bonchev–Trinajstić information content (AvgIpc) is 2.47. The van der Waals surface area contributed by atoms with Crippen LogP contribution in [0.2, 0.25) is 0 Å². The molecule has 0 spiro atoms. The number of benzene rings is 2. The quantitative estimate of drug-likeness (QED) is 0.875. The summed E-state index contributed by atoms with van der Waals surface area (Å²) in [6.07, 6.45) is 0. The van der Waals surface area contributed by atoms with Crippen LogP contribution in [0, 0.1) is 5.82 Å². The van der Waals surface area contributed by atoms with Crippen molar-refractivity contribution < 1.29 is 14.2 Å². The zero-order valence-corrected chi connectivity index (χ0v) is 12.4. The molecule has 0 amide bonds. The van der Waals surface area contributed by atoms with Crippen molar-refractivity contribution >= 4 is 0 Å². The van der Waals surface area contributed by atoms with E-state index in [4.69, 9.17) is 4.74 Å². The van der Waals surface area contributed by atoms with Gasteiger partial charge in [0.05, 0.1) is 7.11 Å². The largest absolute Gasteiger partial charge is 0.507 e. The Morgan fingerprint density at radius 2 is 1.71 bits per heavy atom. The maximum absolute atomic E-state index is 12.9. The van der Waals surface area contributed by atoms with Crippen molar-refractivity contribution in [2.24, 2.45) is 0 Å². The Labute approximate surface area is 124 Å². The molecule has 0 aromatic heterocycles. The average molecular weight is 289 g/mol. The highest BCUT2D eigenvalue weighted by Gasteiger charge is 2.14. The summed E-state index contributed by atoms with van der Waals surface area (Å²) < 4.78 is 18.0. The van der Waals surface area contributed by atoms with Gasteiger partial charge in [-0.2, -0.15) is 0 Å². The number of hydrogen-bond donors (Lipinski definition) is 2. The van der Waals surface area contributed by atoms with Gasteiger partial charge in [0.15, 0.2) is 0 Å². The number of rotatable bonds is 5. The Bertz CT molecular complexity index is 598. The minimum absolute atomic E-state index is 0.0436. The van der Waals surface area contributed by atoms with Gasteiger partial charge in [0.1, 0.15) is 17.3 Å². The van der Waals surface area contributed by atoms with Gasteiger partial charge in [-0.05, 0) is 37.6 Å². The van der Waals surface area contributed by atoms with Gasteiger partial charge in [0.2, 0.25) is 0 Å². The third kappa shape index (κ3) is 3.73. The van der Waals surface area contributed by atoms with Crippen LogP contribution < -0.4 is 10.1 Å².